The van der Waals surface area contributed by atoms with Crippen molar-refractivity contribution in [2.45, 2.75) is 17.8 Å². The topological polar surface area (TPSA) is 12.0 Å². The fraction of sp³-hybridized carbons (Fsp3) is 1.00. The summed E-state index contributed by atoms with van der Waals surface area (Å²) in [6, 6.07) is 0. The summed E-state index contributed by atoms with van der Waals surface area (Å²) in [5.74, 6) is -19.4. The van der Waals surface area contributed by atoms with Crippen LogP contribution >= 0.6 is 6.75 Å². The number of hydrogen-bond donors (Lipinski definition) is 1. The molecule has 0 bridgehead atoms. The van der Waals surface area contributed by atoms with Crippen LogP contribution in [0.5, 0.6) is 0 Å². The van der Waals surface area contributed by atoms with E-state index in [4.69, 9.17) is 0 Å². The van der Waals surface area contributed by atoms with Gasteiger partial charge in [0, 0.05) is 0 Å². The van der Waals surface area contributed by atoms with E-state index in [1.54, 1.807) is 0 Å². The van der Waals surface area contributed by atoms with E-state index in [9.17, 15) is 39.5 Å². The Hall–Kier alpha value is -0.240. The molecule has 0 atom stereocenters. The van der Waals surface area contributed by atoms with Crippen LogP contribution < -0.4 is 5.09 Å². The van der Waals surface area contributed by atoms with Gasteiger partial charge < -0.3 is 0 Å². The second kappa shape index (κ2) is 3.38. The van der Waals surface area contributed by atoms with Crippen LogP contribution in [0.2, 0.25) is 0 Å². The van der Waals surface area contributed by atoms with E-state index in [2.05, 4.69) is 0 Å². The third-order valence-corrected chi connectivity index (χ3v) is 7.38. The van der Waals surface area contributed by atoms with Gasteiger partial charge in [-0.2, -0.15) is 0 Å². The summed E-state index contributed by atoms with van der Waals surface area (Å²) in [7, 11) is 0.00624. The van der Waals surface area contributed by atoms with Crippen LogP contribution in [0.1, 0.15) is 0 Å². The van der Waals surface area contributed by atoms with Gasteiger partial charge in [-0.05, 0) is 0 Å². The fourth-order valence-electron chi connectivity index (χ4n) is 0.812. The Bertz CT molecular complexity index is 234. The van der Waals surface area contributed by atoms with E-state index in [0.29, 0.717) is 5.09 Å². The Kier molecular flexibility index (Phi) is 3.33. The molecule has 0 aliphatic heterocycles. The predicted molar refractivity (Wildman–Crippen MR) is 40.1 cm³/mol. The van der Waals surface area contributed by atoms with Crippen molar-refractivity contribution in [3.8, 4) is 0 Å². The minimum absolute atomic E-state index is 0.00624. The summed E-state index contributed by atoms with van der Waals surface area (Å²) in [5, 5.41) is 0.467. The van der Waals surface area contributed by atoms with Crippen molar-refractivity contribution in [3.63, 3.8) is 0 Å². The molecule has 0 fully saturated rings. The van der Waals surface area contributed by atoms with Crippen molar-refractivity contribution in [2.24, 2.45) is 0 Å². The normalized spacial score (nSPS) is 18.1. The number of rotatable bonds is 1. The molecule has 0 spiro atoms. The van der Waals surface area contributed by atoms with Crippen molar-refractivity contribution >= 4 is 6.75 Å². The van der Waals surface area contributed by atoms with Crippen LogP contribution in [-0.4, -0.2) is 31.5 Å². The van der Waals surface area contributed by atoms with Crippen LogP contribution in [-0.2, 0) is 0 Å². The molecule has 100 valence electrons. The van der Waals surface area contributed by atoms with Gasteiger partial charge in [-0.3, -0.25) is 0 Å². The van der Waals surface area contributed by atoms with Crippen LogP contribution in [0.15, 0.2) is 0 Å². The maximum atomic E-state index is 12.3. The molecule has 0 saturated heterocycles. The number of halogens is 9. The monoisotopic (exact) mass is 283 g/mol. The van der Waals surface area contributed by atoms with Gasteiger partial charge in [0.05, 0.1) is 0 Å². The van der Waals surface area contributed by atoms with E-state index < -0.39 is 31.2 Å². The first-order chi connectivity index (χ1) is 6.64. The number of alkyl halides is 9. The average molecular weight is 283 g/mol. The third kappa shape index (κ3) is 1.42. The maximum absolute atomic E-state index is 12.3. The molecule has 0 unspecified atom stereocenters. The van der Waals surface area contributed by atoms with E-state index in [1.165, 1.54) is 0 Å². The number of nitrogens with one attached hydrogen (secondary N) is 1. The Morgan fingerprint density at radius 3 is 0.875 bits per heavy atom. The molecule has 1 nitrogen and oxygen atoms in total. The van der Waals surface area contributed by atoms with Crippen molar-refractivity contribution in [1.29, 1.82) is 0 Å². The number of hydrogen-bond acceptors (Lipinski definition) is 1. The zero-order valence-electron chi connectivity index (χ0n) is 7.85. The quantitative estimate of drug-likeness (QED) is 0.569. The summed E-state index contributed by atoms with van der Waals surface area (Å²) in [5.41, 5.74) is 0. The molecule has 11 heteroatoms. The van der Waals surface area contributed by atoms with Crippen LogP contribution in [0.25, 0.3) is 0 Å². The molecule has 0 rings (SSSR count). The van der Waals surface area contributed by atoms with Gasteiger partial charge in [0.2, 0.25) is 0 Å². The molecule has 16 heavy (non-hydrogen) atoms. The van der Waals surface area contributed by atoms with Gasteiger partial charge >= 0.3 is 82.8 Å². The zero-order chi connectivity index (χ0) is 13.7. The first-order valence-electron chi connectivity index (χ1n) is 3.54. The van der Waals surface area contributed by atoms with Gasteiger partial charge in [-0.15, -0.1) is 0 Å². The van der Waals surface area contributed by atoms with Gasteiger partial charge in [-0.25, -0.2) is 0 Å². The van der Waals surface area contributed by atoms with Crippen LogP contribution in [0.3, 0.4) is 0 Å². The van der Waals surface area contributed by atoms with E-state index >= 15 is 0 Å². The van der Waals surface area contributed by atoms with Crippen molar-refractivity contribution in [3.05, 3.63) is 0 Å². The SMILES string of the molecule is CNP(C)(C(F)(F)F)(C(F)(F)F)C(F)(F)F. The summed E-state index contributed by atoms with van der Waals surface area (Å²) >= 11 is 0. The van der Waals surface area contributed by atoms with E-state index in [1.807, 2.05) is 0 Å². The third-order valence-electron chi connectivity index (χ3n) is 2.46. The average Bonchev–Trinajstić information content (AvgIpc) is 1.95. The van der Waals surface area contributed by atoms with E-state index in [-0.39, 0.29) is 7.05 Å². The molecule has 0 aromatic carbocycles. The van der Waals surface area contributed by atoms with Crippen molar-refractivity contribution in [1.82, 2.24) is 5.09 Å². The molecule has 1 N–H and O–H groups in total. The van der Waals surface area contributed by atoms with Crippen molar-refractivity contribution in [2.75, 3.05) is 13.7 Å². The molecule has 0 aromatic rings. The Balaban J connectivity index is 6.31. The molecule has 0 aliphatic rings. The molecule has 0 aliphatic carbocycles. The van der Waals surface area contributed by atoms with Gasteiger partial charge in [0.15, 0.2) is 0 Å². The summed E-state index contributed by atoms with van der Waals surface area (Å²) in [6.45, 7) is -8.96. The Labute approximate surface area is 84.0 Å². The molecule has 0 radical (unpaired) electrons. The molecule has 0 saturated carbocycles. The summed E-state index contributed by atoms with van der Waals surface area (Å²) in [4.78, 5) is 0. The fourth-order valence-corrected chi connectivity index (χ4v) is 2.43. The first-order valence-corrected chi connectivity index (χ1v) is 6.23. The second-order valence-electron chi connectivity index (χ2n) is 3.19. The standard InChI is InChI=1S/C5H7F9NP/c1-15-16(2,3(6,7)8,4(9,10)11)5(12,13)14/h15H,1-2H3. The summed E-state index contributed by atoms with van der Waals surface area (Å²) < 4.78 is 111. The van der Waals surface area contributed by atoms with Gasteiger partial charge in [-0.1, -0.05) is 0 Å². The first kappa shape index (κ1) is 15.8. The molecule has 0 aromatic heterocycles. The minimum atomic E-state index is -8.12. The van der Waals surface area contributed by atoms with E-state index in [0.717, 1.165) is 0 Å². The molecule has 0 amide bonds. The predicted octanol–water partition coefficient (Wildman–Crippen LogP) is 3.86. The summed E-state index contributed by atoms with van der Waals surface area (Å²) in [6.07, 6.45) is 0. The molecular formula is C5H7F9NP. The van der Waals surface area contributed by atoms with Gasteiger partial charge in [0.25, 0.3) is 0 Å². The van der Waals surface area contributed by atoms with Gasteiger partial charge in [0.1, 0.15) is 0 Å². The van der Waals surface area contributed by atoms with Crippen molar-refractivity contribution < 1.29 is 39.5 Å². The Morgan fingerprint density at radius 2 is 0.875 bits per heavy atom. The second-order valence-corrected chi connectivity index (χ2v) is 8.29. The van der Waals surface area contributed by atoms with Crippen LogP contribution in [0, 0.1) is 0 Å². The zero-order valence-corrected chi connectivity index (χ0v) is 8.74. The molecule has 0 heterocycles. The Morgan fingerprint density at radius 1 is 0.688 bits per heavy atom. The van der Waals surface area contributed by atoms with Crippen LogP contribution in [0.4, 0.5) is 39.5 Å². The molecular weight excluding hydrogens is 276 g/mol.